The van der Waals surface area contributed by atoms with Crippen LogP contribution in [0.1, 0.15) is 33.6 Å². The lowest BCUT2D eigenvalue weighted by atomic mass is 10.0. The number of rotatable bonds is 2. The minimum atomic E-state index is -0.235. The average Bonchev–Trinajstić information content (AvgIpc) is 2.31. The Morgan fingerprint density at radius 2 is 2.15 bits per heavy atom. The molecule has 1 saturated carbocycles. The van der Waals surface area contributed by atoms with E-state index < -0.39 is 0 Å². The van der Waals surface area contributed by atoms with Gasteiger partial charge in [-0.05, 0) is 31.6 Å². The number of ether oxygens (including phenoxy) is 1. The van der Waals surface area contributed by atoms with Gasteiger partial charge in [-0.3, -0.25) is 4.79 Å². The third-order valence-corrected chi connectivity index (χ3v) is 2.89. The van der Waals surface area contributed by atoms with Crippen molar-refractivity contribution in [2.75, 3.05) is 0 Å². The first-order valence-corrected chi connectivity index (χ1v) is 4.86. The van der Waals surface area contributed by atoms with Gasteiger partial charge in [-0.2, -0.15) is 0 Å². The minimum absolute atomic E-state index is 0.0582. The Hall–Kier alpha value is -0.570. The molecule has 1 rings (SSSR count). The SMILES string of the molecule is CC(=O)OC(C)C1CC(C)C(O)C1. The maximum Gasteiger partial charge on any atom is 0.302 e. The molecule has 0 bridgehead atoms. The second kappa shape index (κ2) is 4.09. The zero-order valence-corrected chi connectivity index (χ0v) is 8.49. The Balaban J connectivity index is 2.41. The molecule has 1 aliphatic rings. The first-order chi connectivity index (χ1) is 6.00. The Kier molecular flexibility index (Phi) is 3.31. The Morgan fingerprint density at radius 1 is 1.54 bits per heavy atom. The lowest BCUT2D eigenvalue weighted by molar-refractivity contribution is -0.148. The highest BCUT2D eigenvalue weighted by Gasteiger charge is 2.34. The topological polar surface area (TPSA) is 46.5 Å². The maximum absolute atomic E-state index is 10.7. The average molecular weight is 186 g/mol. The van der Waals surface area contributed by atoms with Crippen molar-refractivity contribution in [1.29, 1.82) is 0 Å². The monoisotopic (exact) mass is 186 g/mol. The second-order valence-electron chi connectivity index (χ2n) is 4.09. The molecule has 3 heteroatoms. The van der Waals surface area contributed by atoms with Crippen molar-refractivity contribution < 1.29 is 14.6 Å². The Bertz CT molecular complexity index is 181. The van der Waals surface area contributed by atoms with Crippen LogP contribution in [0.5, 0.6) is 0 Å². The lowest BCUT2D eigenvalue weighted by Gasteiger charge is -2.18. The highest BCUT2D eigenvalue weighted by Crippen LogP contribution is 2.34. The predicted octanol–water partition coefficient (Wildman–Crippen LogP) is 1.34. The summed E-state index contributed by atoms with van der Waals surface area (Å²) < 4.78 is 5.08. The first-order valence-electron chi connectivity index (χ1n) is 4.86. The molecule has 0 aromatic rings. The van der Waals surface area contributed by atoms with Crippen molar-refractivity contribution in [1.82, 2.24) is 0 Å². The minimum Gasteiger partial charge on any atom is -0.463 e. The largest absolute Gasteiger partial charge is 0.463 e. The molecule has 0 heterocycles. The summed E-state index contributed by atoms with van der Waals surface area (Å²) in [4.78, 5) is 10.7. The fourth-order valence-electron chi connectivity index (χ4n) is 2.01. The Labute approximate surface area is 79.1 Å². The summed E-state index contributed by atoms with van der Waals surface area (Å²) in [6, 6.07) is 0. The number of hydrogen-bond donors (Lipinski definition) is 1. The van der Waals surface area contributed by atoms with Gasteiger partial charge in [0.1, 0.15) is 6.10 Å². The smallest absolute Gasteiger partial charge is 0.302 e. The summed E-state index contributed by atoms with van der Waals surface area (Å²) in [5, 5.41) is 9.51. The zero-order chi connectivity index (χ0) is 10.0. The molecule has 0 radical (unpaired) electrons. The van der Waals surface area contributed by atoms with Gasteiger partial charge in [0.2, 0.25) is 0 Å². The summed E-state index contributed by atoms with van der Waals surface area (Å²) in [5.41, 5.74) is 0. The van der Waals surface area contributed by atoms with Crippen molar-refractivity contribution in [3.05, 3.63) is 0 Å². The fraction of sp³-hybridized carbons (Fsp3) is 0.900. The van der Waals surface area contributed by atoms with Crippen molar-refractivity contribution in [2.45, 2.75) is 45.8 Å². The van der Waals surface area contributed by atoms with Crippen LogP contribution in [0.25, 0.3) is 0 Å². The van der Waals surface area contributed by atoms with Crippen molar-refractivity contribution in [3.8, 4) is 0 Å². The fourth-order valence-corrected chi connectivity index (χ4v) is 2.01. The van der Waals surface area contributed by atoms with Crippen LogP contribution in [0.15, 0.2) is 0 Å². The molecular formula is C10H18O3. The van der Waals surface area contributed by atoms with E-state index in [1.807, 2.05) is 13.8 Å². The molecule has 0 aliphatic heterocycles. The number of esters is 1. The summed E-state index contributed by atoms with van der Waals surface area (Å²) >= 11 is 0. The molecular weight excluding hydrogens is 168 g/mol. The normalized spacial score (nSPS) is 35.8. The molecule has 1 N–H and O–H groups in total. The van der Waals surface area contributed by atoms with Crippen molar-refractivity contribution >= 4 is 5.97 Å². The summed E-state index contributed by atoms with van der Waals surface area (Å²) in [6.07, 6.45) is 1.44. The zero-order valence-electron chi connectivity index (χ0n) is 8.49. The molecule has 0 saturated heterocycles. The molecule has 0 amide bonds. The number of aliphatic hydroxyl groups excluding tert-OH is 1. The van der Waals surface area contributed by atoms with E-state index >= 15 is 0 Å². The van der Waals surface area contributed by atoms with Crippen molar-refractivity contribution in [3.63, 3.8) is 0 Å². The number of carbonyl (C=O) groups excluding carboxylic acids is 1. The van der Waals surface area contributed by atoms with Crippen LogP contribution in [0.4, 0.5) is 0 Å². The highest BCUT2D eigenvalue weighted by molar-refractivity contribution is 5.66. The van der Waals surface area contributed by atoms with E-state index in [4.69, 9.17) is 4.74 Å². The Morgan fingerprint density at radius 3 is 2.54 bits per heavy atom. The van der Waals surface area contributed by atoms with E-state index in [-0.39, 0.29) is 18.2 Å². The number of aliphatic hydroxyl groups is 1. The van der Waals surface area contributed by atoms with E-state index in [1.54, 1.807) is 0 Å². The van der Waals surface area contributed by atoms with Gasteiger partial charge in [0, 0.05) is 6.92 Å². The summed E-state index contributed by atoms with van der Waals surface area (Å²) in [7, 11) is 0. The van der Waals surface area contributed by atoms with Crippen LogP contribution >= 0.6 is 0 Å². The van der Waals surface area contributed by atoms with Crippen LogP contribution < -0.4 is 0 Å². The van der Waals surface area contributed by atoms with E-state index in [1.165, 1.54) is 6.92 Å². The van der Waals surface area contributed by atoms with Gasteiger partial charge in [0.15, 0.2) is 0 Å². The van der Waals surface area contributed by atoms with Crippen molar-refractivity contribution in [2.24, 2.45) is 11.8 Å². The van der Waals surface area contributed by atoms with Crippen LogP contribution in [0, 0.1) is 11.8 Å². The van der Waals surface area contributed by atoms with Gasteiger partial charge in [-0.25, -0.2) is 0 Å². The third-order valence-electron chi connectivity index (χ3n) is 2.89. The molecule has 0 aromatic carbocycles. The van der Waals surface area contributed by atoms with Gasteiger partial charge in [-0.15, -0.1) is 0 Å². The van der Waals surface area contributed by atoms with E-state index in [0.29, 0.717) is 11.8 Å². The van der Waals surface area contributed by atoms with Crippen LogP contribution in [0.3, 0.4) is 0 Å². The molecule has 1 fully saturated rings. The summed E-state index contributed by atoms with van der Waals surface area (Å²) in [5.74, 6) is 0.429. The van der Waals surface area contributed by atoms with Gasteiger partial charge in [0.25, 0.3) is 0 Å². The molecule has 76 valence electrons. The van der Waals surface area contributed by atoms with Gasteiger partial charge in [-0.1, -0.05) is 6.92 Å². The summed E-state index contributed by atoms with van der Waals surface area (Å²) in [6.45, 7) is 5.35. The van der Waals surface area contributed by atoms with Gasteiger partial charge in [0.05, 0.1) is 6.10 Å². The molecule has 4 unspecified atom stereocenters. The standard InChI is InChI=1S/C10H18O3/c1-6-4-9(5-10(6)12)7(2)13-8(3)11/h6-7,9-10,12H,4-5H2,1-3H3. The molecule has 13 heavy (non-hydrogen) atoms. The maximum atomic E-state index is 10.7. The van der Waals surface area contributed by atoms with Gasteiger partial charge >= 0.3 is 5.97 Å². The molecule has 4 atom stereocenters. The first kappa shape index (κ1) is 10.5. The molecule has 1 aliphatic carbocycles. The van der Waals surface area contributed by atoms with E-state index in [9.17, 15) is 9.90 Å². The van der Waals surface area contributed by atoms with E-state index in [2.05, 4.69) is 0 Å². The number of carbonyl (C=O) groups is 1. The van der Waals surface area contributed by atoms with Crippen LogP contribution in [0.2, 0.25) is 0 Å². The molecule has 0 spiro atoms. The number of hydrogen-bond acceptors (Lipinski definition) is 3. The van der Waals surface area contributed by atoms with Crippen LogP contribution in [-0.2, 0) is 9.53 Å². The highest BCUT2D eigenvalue weighted by atomic mass is 16.5. The second-order valence-corrected chi connectivity index (χ2v) is 4.09. The third kappa shape index (κ3) is 2.69. The lowest BCUT2D eigenvalue weighted by Crippen LogP contribution is -2.21. The van der Waals surface area contributed by atoms with Gasteiger partial charge < -0.3 is 9.84 Å². The quantitative estimate of drug-likeness (QED) is 0.662. The molecule has 0 aromatic heterocycles. The van der Waals surface area contributed by atoms with E-state index in [0.717, 1.165) is 12.8 Å². The predicted molar refractivity (Wildman–Crippen MR) is 49.1 cm³/mol. The molecule has 3 nitrogen and oxygen atoms in total. The van der Waals surface area contributed by atoms with Crippen LogP contribution in [-0.4, -0.2) is 23.3 Å².